The zero-order valence-corrected chi connectivity index (χ0v) is 16.6. The first-order valence-electron chi connectivity index (χ1n) is 9.27. The number of aryl methyl sites for hydroxylation is 2. The summed E-state index contributed by atoms with van der Waals surface area (Å²) in [6.07, 6.45) is 1.09. The summed E-state index contributed by atoms with van der Waals surface area (Å²) in [6.45, 7) is 5.08. The molecule has 2 aromatic rings. The second kappa shape index (κ2) is 8.23. The van der Waals surface area contributed by atoms with Crippen LogP contribution in [0.3, 0.4) is 0 Å². The van der Waals surface area contributed by atoms with Crippen molar-refractivity contribution in [2.24, 2.45) is 5.92 Å². The van der Waals surface area contributed by atoms with Gasteiger partial charge in [0.05, 0.1) is 4.90 Å². The summed E-state index contributed by atoms with van der Waals surface area (Å²) in [7, 11) is -3.50. The van der Waals surface area contributed by atoms with Crippen LogP contribution in [0.4, 0.5) is 0 Å². The highest BCUT2D eigenvalue weighted by atomic mass is 32.2. The summed E-state index contributed by atoms with van der Waals surface area (Å²) in [5, 5.41) is 2.98. The van der Waals surface area contributed by atoms with Gasteiger partial charge in [0, 0.05) is 25.6 Å². The molecule has 1 amide bonds. The zero-order chi connectivity index (χ0) is 19.4. The summed E-state index contributed by atoms with van der Waals surface area (Å²) in [4.78, 5) is 12.8. The molecule has 1 aliphatic rings. The topological polar surface area (TPSA) is 66.5 Å². The van der Waals surface area contributed by atoms with E-state index in [-0.39, 0.29) is 11.8 Å². The maximum Gasteiger partial charge on any atom is 0.243 e. The van der Waals surface area contributed by atoms with Gasteiger partial charge in [0.15, 0.2) is 0 Å². The molecular weight excluding hydrogens is 360 g/mol. The molecule has 0 aliphatic carbocycles. The number of hydrogen-bond donors (Lipinski definition) is 1. The monoisotopic (exact) mass is 386 g/mol. The van der Waals surface area contributed by atoms with Gasteiger partial charge in [-0.1, -0.05) is 48.0 Å². The number of hydrogen-bond acceptors (Lipinski definition) is 3. The van der Waals surface area contributed by atoms with Gasteiger partial charge in [-0.2, -0.15) is 4.31 Å². The SMILES string of the molecule is Cc1ccc(CNC(=O)C2CCN(S(=O)(=O)c3ccccc3C)CC2)cc1. The predicted molar refractivity (Wildman–Crippen MR) is 106 cm³/mol. The third kappa shape index (κ3) is 4.57. The highest BCUT2D eigenvalue weighted by Gasteiger charge is 2.32. The van der Waals surface area contributed by atoms with Gasteiger partial charge < -0.3 is 5.32 Å². The molecule has 1 N–H and O–H groups in total. The van der Waals surface area contributed by atoms with Gasteiger partial charge in [0.25, 0.3) is 0 Å². The number of rotatable bonds is 5. The van der Waals surface area contributed by atoms with Gasteiger partial charge >= 0.3 is 0 Å². The lowest BCUT2D eigenvalue weighted by Crippen LogP contribution is -2.43. The van der Waals surface area contributed by atoms with Crippen molar-refractivity contribution in [2.75, 3.05) is 13.1 Å². The van der Waals surface area contributed by atoms with E-state index >= 15 is 0 Å². The number of piperidine rings is 1. The third-order valence-corrected chi connectivity index (χ3v) is 7.18. The summed E-state index contributed by atoms with van der Waals surface area (Å²) >= 11 is 0. The first-order chi connectivity index (χ1) is 12.9. The molecule has 6 heteroatoms. The Labute approximate surface area is 161 Å². The molecule has 5 nitrogen and oxygen atoms in total. The van der Waals surface area contributed by atoms with Crippen molar-refractivity contribution in [3.05, 3.63) is 65.2 Å². The van der Waals surface area contributed by atoms with Crippen LogP contribution in [0, 0.1) is 19.8 Å². The number of benzene rings is 2. The van der Waals surface area contributed by atoms with E-state index in [1.807, 2.05) is 37.3 Å². The molecule has 2 aromatic carbocycles. The molecule has 0 unspecified atom stereocenters. The van der Waals surface area contributed by atoms with E-state index < -0.39 is 10.0 Å². The Hall–Kier alpha value is -2.18. The summed E-state index contributed by atoms with van der Waals surface area (Å²) in [6, 6.07) is 15.1. The molecule has 0 saturated carbocycles. The fraction of sp³-hybridized carbons (Fsp3) is 0.381. The van der Waals surface area contributed by atoms with E-state index in [1.54, 1.807) is 25.1 Å². The summed E-state index contributed by atoms with van der Waals surface area (Å²) < 4.78 is 27.2. The molecule has 27 heavy (non-hydrogen) atoms. The quantitative estimate of drug-likeness (QED) is 0.859. The molecule has 0 aromatic heterocycles. The Kier molecular flexibility index (Phi) is 5.97. The molecule has 0 spiro atoms. The van der Waals surface area contributed by atoms with Crippen molar-refractivity contribution in [3.63, 3.8) is 0 Å². The average Bonchev–Trinajstić information content (AvgIpc) is 2.67. The molecule has 1 aliphatic heterocycles. The van der Waals surface area contributed by atoms with Crippen molar-refractivity contribution in [1.82, 2.24) is 9.62 Å². The van der Waals surface area contributed by atoms with E-state index in [4.69, 9.17) is 0 Å². The lowest BCUT2D eigenvalue weighted by Gasteiger charge is -2.31. The Morgan fingerprint density at radius 2 is 1.67 bits per heavy atom. The van der Waals surface area contributed by atoms with Crippen LogP contribution in [0.25, 0.3) is 0 Å². The van der Waals surface area contributed by atoms with Crippen LogP contribution in [0.15, 0.2) is 53.4 Å². The molecule has 1 heterocycles. The minimum Gasteiger partial charge on any atom is -0.352 e. The highest BCUT2D eigenvalue weighted by molar-refractivity contribution is 7.89. The molecule has 1 saturated heterocycles. The second-order valence-electron chi connectivity index (χ2n) is 7.15. The standard InChI is InChI=1S/C21H26N2O3S/c1-16-7-9-18(10-8-16)15-22-21(24)19-11-13-23(14-12-19)27(25,26)20-6-4-3-5-17(20)2/h3-10,19H,11-15H2,1-2H3,(H,22,24). The molecule has 144 valence electrons. The Bertz CT molecular complexity index is 899. The van der Waals surface area contributed by atoms with E-state index in [0.717, 1.165) is 11.1 Å². The Morgan fingerprint density at radius 1 is 1.04 bits per heavy atom. The smallest absolute Gasteiger partial charge is 0.243 e. The van der Waals surface area contributed by atoms with E-state index in [0.29, 0.717) is 37.4 Å². The first-order valence-corrected chi connectivity index (χ1v) is 10.7. The minimum atomic E-state index is -3.50. The lowest BCUT2D eigenvalue weighted by molar-refractivity contribution is -0.126. The van der Waals surface area contributed by atoms with Gasteiger partial charge in [0.1, 0.15) is 0 Å². The number of nitrogens with one attached hydrogen (secondary N) is 1. The number of sulfonamides is 1. The highest BCUT2D eigenvalue weighted by Crippen LogP contribution is 2.25. The summed E-state index contributed by atoms with van der Waals surface area (Å²) in [5.74, 6) is -0.137. The Balaban J connectivity index is 1.56. The van der Waals surface area contributed by atoms with Gasteiger partial charge in [-0.15, -0.1) is 0 Å². The third-order valence-electron chi connectivity index (χ3n) is 5.12. The predicted octanol–water partition coefficient (Wildman–Crippen LogP) is 3.02. The van der Waals surface area contributed by atoms with Crippen LogP contribution in [-0.2, 0) is 21.4 Å². The number of carbonyl (C=O) groups is 1. The fourth-order valence-corrected chi connectivity index (χ4v) is 5.08. The average molecular weight is 387 g/mol. The van der Waals surface area contributed by atoms with Crippen molar-refractivity contribution in [3.8, 4) is 0 Å². The maximum atomic E-state index is 12.8. The molecule has 0 atom stereocenters. The largest absolute Gasteiger partial charge is 0.352 e. The molecular formula is C21H26N2O3S. The van der Waals surface area contributed by atoms with Crippen LogP contribution < -0.4 is 5.32 Å². The Morgan fingerprint density at radius 3 is 2.30 bits per heavy atom. The van der Waals surface area contributed by atoms with Crippen LogP contribution in [0.2, 0.25) is 0 Å². The van der Waals surface area contributed by atoms with Gasteiger partial charge in [-0.05, 0) is 43.9 Å². The van der Waals surface area contributed by atoms with Crippen LogP contribution in [-0.4, -0.2) is 31.7 Å². The molecule has 1 fully saturated rings. The van der Waals surface area contributed by atoms with Gasteiger partial charge in [0.2, 0.25) is 15.9 Å². The van der Waals surface area contributed by atoms with E-state index in [1.165, 1.54) is 9.87 Å². The zero-order valence-electron chi connectivity index (χ0n) is 15.8. The molecule has 0 radical (unpaired) electrons. The number of carbonyl (C=O) groups excluding carboxylic acids is 1. The first kappa shape index (κ1) is 19.6. The van der Waals surface area contributed by atoms with E-state index in [9.17, 15) is 13.2 Å². The number of amides is 1. The molecule has 3 rings (SSSR count). The lowest BCUT2D eigenvalue weighted by atomic mass is 9.97. The van der Waals surface area contributed by atoms with E-state index in [2.05, 4.69) is 5.32 Å². The fourth-order valence-electron chi connectivity index (χ4n) is 3.38. The van der Waals surface area contributed by atoms with Crippen molar-refractivity contribution < 1.29 is 13.2 Å². The van der Waals surface area contributed by atoms with Crippen LogP contribution in [0.5, 0.6) is 0 Å². The minimum absolute atomic E-state index is 0.00325. The maximum absolute atomic E-state index is 12.8. The molecule has 0 bridgehead atoms. The second-order valence-corrected chi connectivity index (χ2v) is 9.05. The van der Waals surface area contributed by atoms with Crippen molar-refractivity contribution in [2.45, 2.75) is 38.1 Å². The van der Waals surface area contributed by atoms with Crippen LogP contribution in [0.1, 0.15) is 29.5 Å². The van der Waals surface area contributed by atoms with Crippen molar-refractivity contribution >= 4 is 15.9 Å². The van der Waals surface area contributed by atoms with Gasteiger partial charge in [-0.25, -0.2) is 8.42 Å². The normalized spacial score (nSPS) is 16.2. The van der Waals surface area contributed by atoms with Gasteiger partial charge in [-0.3, -0.25) is 4.79 Å². The van der Waals surface area contributed by atoms with Crippen molar-refractivity contribution in [1.29, 1.82) is 0 Å². The van der Waals surface area contributed by atoms with Crippen LogP contribution >= 0.6 is 0 Å². The number of nitrogens with zero attached hydrogens (tertiary/aromatic N) is 1. The summed E-state index contributed by atoms with van der Waals surface area (Å²) in [5.41, 5.74) is 3.00.